The van der Waals surface area contributed by atoms with Crippen molar-refractivity contribution < 1.29 is 14.1 Å². The molecular formula is C12H14FN3O3. The Morgan fingerprint density at radius 1 is 1.47 bits per heavy atom. The van der Waals surface area contributed by atoms with Crippen molar-refractivity contribution in [1.29, 1.82) is 0 Å². The Morgan fingerprint density at radius 3 is 2.79 bits per heavy atom. The van der Waals surface area contributed by atoms with Crippen molar-refractivity contribution in [2.24, 2.45) is 5.92 Å². The molecule has 0 radical (unpaired) electrons. The molecule has 0 aliphatic heterocycles. The predicted molar refractivity (Wildman–Crippen MR) is 67.3 cm³/mol. The molecule has 2 N–H and O–H groups in total. The summed E-state index contributed by atoms with van der Waals surface area (Å²) in [6.45, 7) is 0.892. The van der Waals surface area contributed by atoms with E-state index in [4.69, 9.17) is 0 Å². The monoisotopic (exact) mass is 267 g/mol. The van der Waals surface area contributed by atoms with Gasteiger partial charge in [-0.15, -0.1) is 0 Å². The number of nitrogens with zero attached hydrogens (tertiary/aromatic N) is 1. The topological polar surface area (TPSA) is 84.3 Å². The molecule has 7 heteroatoms. The van der Waals surface area contributed by atoms with Crippen molar-refractivity contribution >= 4 is 17.3 Å². The van der Waals surface area contributed by atoms with Gasteiger partial charge in [-0.05, 0) is 31.4 Å². The van der Waals surface area contributed by atoms with Crippen LogP contribution in [0.5, 0.6) is 0 Å². The number of amides is 1. The van der Waals surface area contributed by atoms with Gasteiger partial charge in [-0.1, -0.05) is 0 Å². The third kappa shape index (κ3) is 3.99. The number of benzene rings is 1. The fraction of sp³-hybridized carbons (Fsp3) is 0.417. The summed E-state index contributed by atoms with van der Waals surface area (Å²) in [4.78, 5) is 21.3. The number of rotatable bonds is 6. The van der Waals surface area contributed by atoms with Gasteiger partial charge in [0.05, 0.1) is 23.2 Å². The zero-order valence-corrected chi connectivity index (χ0v) is 10.2. The maximum Gasteiger partial charge on any atom is 0.272 e. The average molecular weight is 267 g/mol. The van der Waals surface area contributed by atoms with E-state index in [-0.39, 0.29) is 23.8 Å². The van der Waals surface area contributed by atoms with Crippen molar-refractivity contribution in [2.45, 2.75) is 12.8 Å². The number of nitro groups is 1. The Kier molecular flexibility index (Phi) is 4.06. The molecule has 1 amide bonds. The molecule has 1 saturated carbocycles. The van der Waals surface area contributed by atoms with Gasteiger partial charge in [0.1, 0.15) is 0 Å². The zero-order valence-electron chi connectivity index (χ0n) is 10.2. The summed E-state index contributed by atoms with van der Waals surface area (Å²) in [5.74, 6) is -0.526. The summed E-state index contributed by atoms with van der Waals surface area (Å²) in [6.07, 6.45) is 2.37. The van der Waals surface area contributed by atoms with Crippen LogP contribution < -0.4 is 10.6 Å². The molecule has 1 aromatic rings. The molecule has 0 spiro atoms. The number of non-ortho nitro benzene ring substituents is 1. The van der Waals surface area contributed by atoms with E-state index in [0.29, 0.717) is 5.92 Å². The Bertz CT molecular complexity index is 503. The highest BCUT2D eigenvalue weighted by Crippen LogP contribution is 2.27. The number of hydrogen-bond donors (Lipinski definition) is 2. The summed E-state index contributed by atoms with van der Waals surface area (Å²) >= 11 is 0. The Labute approximate surface area is 109 Å². The van der Waals surface area contributed by atoms with Crippen LogP contribution in [0.15, 0.2) is 18.2 Å². The minimum absolute atomic E-state index is 0.0520. The molecular weight excluding hydrogens is 253 g/mol. The molecule has 102 valence electrons. The van der Waals surface area contributed by atoms with Crippen molar-refractivity contribution in [3.63, 3.8) is 0 Å². The summed E-state index contributed by atoms with van der Waals surface area (Å²) in [7, 11) is 0. The summed E-state index contributed by atoms with van der Waals surface area (Å²) < 4.78 is 13.5. The number of carbonyl (C=O) groups excluding carboxylic acids is 1. The van der Waals surface area contributed by atoms with E-state index in [9.17, 15) is 19.3 Å². The first-order valence-corrected chi connectivity index (χ1v) is 6.01. The number of hydrogen-bond acceptors (Lipinski definition) is 4. The minimum atomic E-state index is -0.815. The highest BCUT2D eigenvalue weighted by atomic mass is 19.1. The highest BCUT2D eigenvalue weighted by molar-refractivity contribution is 5.92. The number of nitro benzene ring substituents is 1. The first-order chi connectivity index (χ1) is 9.06. The summed E-state index contributed by atoms with van der Waals surface area (Å²) in [5.41, 5.74) is -0.397. The predicted octanol–water partition coefficient (Wildman–Crippen LogP) is 1.67. The van der Waals surface area contributed by atoms with Gasteiger partial charge in [0.25, 0.3) is 5.69 Å². The molecule has 1 aromatic carbocycles. The van der Waals surface area contributed by atoms with E-state index in [2.05, 4.69) is 10.6 Å². The molecule has 0 bridgehead atoms. The van der Waals surface area contributed by atoms with Crippen LogP contribution in [-0.4, -0.2) is 23.9 Å². The fourth-order valence-electron chi connectivity index (χ4n) is 1.63. The smallest absolute Gasteiger partial charge is 0.272 e. The molecule has 2 rings (SSSR count). The second kappa shape index (κ2) is 5.75. The quantitative estimate of drug-likeness (QED) is 0.606. The third-order valence-corrected chi connectivity index (χ3v) is 2.85. The summed E-state index contributed by atoms with van der Waals surface area (Å²) in [5, 5.41) is 15.8. The lowest BCUT2D eigenvalue weighted by molar-refractivity contribution is -0.385. The molecule has 0 unspecified atom stereocenters. The van der Waals surface area contributed by atoms with Crippen LogP contribution in [0.2, 0.25) is 0 Å². The van der Waals surface area contributed by atoms with Gasteiger partial charge in [0, 0.05) is 6.07 Å². The third-order valence-electron chi connectivity index (χ3n) is 2.85. The largest absolute Gasteiger partial charge is 0.322 e. The van der Waals surface area contributed by atoms with Crippen LogP contribution in [0.4, 0.5) is 15.8 Å². The van der Waals surface area contributed by atoms with Crippen LogP contribution in [0.1, 0.15) is 12.8 Å². The molecule has 19 heavy (non-hydrogen) atoms. The lowest BCUT2D eigenvalue weighted by atomic mass is 10.2. The zero-order chi connectivity index (χ0) is 13.8. The Balaban J connectivity index is 1.86. The maximum atomic E-state index is 13.5. The van der Waals surface area contributed by atoms with Gasteiger partial charge in [0.15, 0.2) is 5.82 Å². The van der Waals surface area contributed by atoms with Gasteiger partial charge < -0.3 is 10.6 Å². The van der Waals surface area contributed by atoms with E-state index >= 15 is 0 Å². The molecule has 0 aromatic heterocycles. The second-order valence-corrected chi connectivity index (χ2v) is 4.54. The highest BCUT2D eigenvalue weighted by Gasteiger charge is 2.20. The van der Waals surface area contributed by atoms with E-state index in [1.165, 1.54) is 18.9 Å². The number of nitrogens with one attached hydrogen (secondary N) is 2. The molecule has 0 atom stereocenters. The molecule has 0 heterocycles. The van der Waals surface area contributed by atoms with Crippen molar-refractivity contribution in [3.8, 4) is 0 Å². The molecule has 1 aliphatic carbocycles. The van der Waals surface area contributed by atoms with Gasteiger partial charge in [-0.25, -0.2) is 4.39 Å². The van der Waals surface area contributed by atoms with Crippen LogP contribution in [0, 0.1) is 21.8 Å². The lowest BCUT2D eigenvalue weighted by Crippen LogP contribution is -2.29. The van der Waals surface area contributed by atoms with Crippen LogP contribution >= 0.6 is 0 Å². The van der Waals surface area contributed by atoms with Crippen molar-refractivity contribution in [1.82, 2.24) is 5.32 Å². The van der Waals surface area contributed by atoms with Crippen molar-refractivity contribution in [3.05, 3.63) is 34.1 Å². The van der Waals surface area contributed by atoms with Crippen LogP contribution in [-0.2, 0) is 4.79 Å². The SMILES string of the molecule is O=C(CNCC1CC1)Nc1ccc([N+](=O)[O-])cc1F. The maximum absolute atomic E-state index is 13.5. The normalized spacial score (nSPS) is 14.2. The van der Waals surface area contributed by atoms with Crippen LogP contribution in [0.25, 0.3) is 0 Å². The van der Waals surface area contributed by atoms with Crippen molar-refractivity contribution in [2.75, 3.05) is 18.4 Å². The average Bonchev–Trinajstić information content (AvgIpc) is 3.15. The molecule has 6 nitrogen and oxygen atoms in total. The molecule has 1 aliphatic rings. The molecule has 0 saturated heterocycles. The summed E-state index contributed by atoms with van der Waals surface area (Å²) in [6, 6.07) is 3.12. The second-order valence-electron chi connectivity index (χ2n) is 4.54. The van der Waals surface area contributed by atoms with Gasteiger partial charge in [-0.2, -0.15) is 0 Å². The Hall–Kier alpha value is -2.02. The van der Waals surface area contributed by atoms with E-state index in [1.54, 1.807) is 0 Å². The first kappa shape index (κ1) is 13.4. The lowest BCUT2D eigenvalue weighted by Gasteiger charge is -2.07. The fourth-order valence-corrected chi connectivity index (χ4v) is 1.63. The van der Waals surface area contributed by atoms with Gasteiger partial charge in [0.2, 0.25) is 5.91 Å². The number of halogens is 1. The number of anilines is 1. The van der Waals surface area contributed by atoms with Gasteiger partial charge in [-0.3, -0.25) is 14.9 Å². The standard InChI is InChI=1S/C12H14FN3O3/c13-10-5-9(16(18)19)3-4-11(10)15-12(17)7-14-6-8-1-2-8/h3-5,8,14H,1-2,6-7H2,(H,15,17). The van der Waals surface area contributed by atoms with E-state index < -0.39 is 10.7 Å². The number of carbonyl (C=O) groups is 1. The Morgan fingerprint density at radius 2 is 2.21 bits per heavy atom. The first-order valence-electron chi connectivity index (χ1n) is 6.01. The molecule has 1 fully saturated rings. The van der Waals surface area contributed by atoms with E-state index in [0.717, 1.165) is 18.7 Å². The van der Waals surface area contributed by atoms with Crippen LogP contribution in [0.3, 0.4) is 0 Å². The minimum Gasteiger partial charge on any atom is -0.322 e. The van der Waals surface area contributed by atoms with Gasteiger partial charge >= 0.3 is 0 Å². The van der Waals surface area contributed by atoms with E-state index in [1.807, 2.05) is 0 Å².